The van der Waals surface area contributed by atoms with Crippen molar-refractivity contribution in [3.8, 4) is 0 Å². The lowest BCUT2D eigenvalue weighted by atomic mass is 9.76. The topological polar surface area (TPSA) is 0 Å². The van der Waals surface area contributed by atoms with Crippen molar-refractivity contribution in [1.82, 2.24) is 0 Å². The van der Waals surface area contributed by atoms with Gasteiger partial charge in [0.2, 0.25) is 0 Å². The van der Waals surface area contributed by atoms with Gasteiger partial charge in [0.15, 0.2) is 0 Å². The SMILES string of the molecule is CCC1CC12C(C)CCC(C)CC2C. The molecule has 0 heterocycles. The van der Waals surface area contributed by atoms with Crippen molar-refractivity contribution in [2.45, 2.75) is 59.8 Å². The molecule has 0 heteroatoms. The van der Waals surface area contributed by atoms with Crippen LogP contribution in [0.15, 0.2) is 0 Å². The van der Waals surface area contributed by atoms with Crippen LogP contribution in [-0.4, -0.2) is 0 Å². The molecule has 0 aromatic carbocycles. The van der Waals surface area contributed by atoms with Crippen molar-refractivity contribution in [3.63, 3.8) is 0 Å². The van der Waals surface area contributed by atoms with Crippen LogP contribution < -0.4 is 0 Å². The zero-order chi connectivity index (χ0) is 10.3. The molecule has 82 valence electrons. The van der Waals surface area contributed by atoms with E-state index < -0.39 is 0 Å². The summed E-state index contributed by atoms with van der Waals surface area (Å²) in [4.78, 5) is 0. The summed E-state index contributed by atoms with van der Waals surface area (Å²) in [5, 5.41) is 0. The van der Waals surface area contributed by atoms with Gasteiger partial charge in [-0.3, -0.25) is 0 Å². The van der Waals surface area contributed by atoms with Gasteiger partial charge in [-0.1, -0.05) is 40.5 Å². The predicted molar refractivity (Wildman–Crippen MR) is 62.2 cm³/mol. The van der Waals surface area contributed by atoms with Gasteiger partial charge >= 0.3 is 0 Å². The van der Waals surface area contributed by atoms with Crippen molar-refractivity contribution in [2.24, 2.45) is 29.1 Å². The van der Waals surface area contributed by atoms with Gasteiger partial charge in [-0.25, -0.2) is 0 Å². The lowest BCUT2D eigenvalue weighted by Crippen LogP contribution is -2.22. The Morgan fingerprint density at radius 2 is 1.79 bits per heavy atom. The van der Waals surface area contributed by atoms with Crippen LogP contribution in [0.5, 0.6) is 0 Å². The summed E-state index contributed by atoms with van der Waals surface area (Å²) >= 11 is 0. The van der Waals surface area contributed by atoms with Gasteiger partial charge in [0.1, 0.15) is 0 Å². The maximum Gasteiger partial charge on any atom is -0.0215 e. The molecule has 5 unspecified atom stereocenters. The number of rotatable bonds is 1. The third-order valence-corrected chi connectivity index (χ3v) is 5.38. The second-order valence-corrected chi connectivity index (χ2v) is 6.14. The van der Waals surface area contributed by atoms with Crippen LogP contribution in [0, 0.1) is 29.1 Å². The Morgan fingerprint density at radius 1 is 1.07 bits per heavy atom. The average Bonchev–Trinajstić information content (AvgIpc) is 2.89. The summed E-state index contributed by atoms with van der Waals surface area (Å²) in [6.07, 6.45) is 7.41. The van der Waals surface area contributed by atoms with Gasteiger partial charge < -0.3 is 0 Å². The molecule has 14 heavy (non-hydrogen) atoms. The van der Waals surface area contributed by atoms with Gasteiger partial charge in [0.05, 0.1) is 0 Å². The van der Waals surface area contributed by atoms with Crippen LogP contribution in [0.2, 0.25) is 0 Å². The maximum absolute atomic E-state index is 2.52. The fourth-order valence-corrected chi connectivity index (χ4v) is 4.33. The molecule has 0 bridgehead atoms. The molecule has 2 rings (SSSR count). The number of hydrogen-bond acceptors (Lipinski definition) is 0. The van der Waals surface area contributed by atoms with Crippen LogP contribution in [-0.2, 0) is 0 Å². The highest BCUT2D eigenvalue weighted by Crippen LogP contribution is 2.67. The third-order valence-electron chi connectivity index (χ3n) is 5.38. The largest absolute Gasteiger partial charge is 0.0651 e. The van der Waals surface area contributed by atoms with Crippen molar-refractivity contribution in [1.29, 1.82) is 0 Å². The number of hydrogen-bond donors (Lipinski definition) is 0. The first-order valence-electron chi connectivity index (χ1n) is 6.61. The van der Waals surface area contributed by atoms with E-state index in [1.807, 2.05) is 0 Å². The first kappa shape index (κ1) is 10.5. The van der Waals surface area contributed by atoms with E-state index in [9.17, 15) is 0 Å². The van der Waals surface area contributed by atoms with E-state index in [2.05, 4.69) is 27.7 Å². The van der Waals surface area contributed by atoms with Crippen molar-refractivity contribution >= 4 is 0 Å². The van der Waals surface area contributed by atoms with E-state index in [0.29, 0.717) is 0 Å². The maximum atomic E-state index is 2.52. The molecule has 0 aromatic rings. The molecule has 1 spiro atoms. The van der Waals surface area contributed by atoms with Crippen LogP contribution in [0.25, 0.3) is 0 Å². The van der Waals surface area contributed by atoms with Crippen LogP contribution in [0.4, 0.5) is 0 Å². The Labute approximate surface area is 89.5 Å². The second-order valence-electron chi connectivity index (χ2n) is 6.14. The van der Waals surface area contributed by atoms with E-state index in [1.54, 1.807) is 6.42 Å². The van der Waals surface area contributed by atoms with Gasteiger partial charge in [0, 0.05) is 0 Å². The van der Waals surface area contributed by atoms with Crippen molar-refractivity contribution in [2.75, 3.05) is 0 Å². The van der Waals surface area contributed by atoms with Crippen LogP contribution in [0.1, 0.15) is 59.8 Å². The van der Waals surface area contributed by atoms with Crippen LogP contribution in [0.3, 0.4) is 0 Å². The fourth-order valence-electron chi connectivity index (χ4n) is 4.33. The third kappa shape index (κ3) is 1.42. The Bertz CT molecular complexity index is 208. The molecule has 2 fully saturated rings. The van der Waals surface area contributed by atoms with Crippen molar-refractivity contribution < 1.29 is 0 Å². The van der Waals surface area contributed by atoms with Crippen LogP contribution >= 0.6 is 0 Å². The van der Waals surface area contributed by atoms with Gasteiger partial charge in [0.25, 0.3) is 0 Å². The summed E-state index contributed by atoms with van der Waals surface area (Å²) in [5.41, 5.74) is 0.777. The van der Waals surface area contributed by atoms with E-state index >= 15 is 0 Å². The Kier molecular flexibility index (Phi) is 2.66. The first-order chi connectivity index (χ1) is 6.61. The van der Waals surface area contributed by atoms with Crippen molar-refractivity contribution in [3.05, 3.63) is 0 Å². The molecule has 0 aromatic heterocycles. The molecule has 5 atom stereocenters. The Morgan fingerprint density at radius 3 is 2.36 bits per heavy atom. The monoisotopic (exact) mass is 194 g/mol. The Balaban J connectivity index is 2.13. The lowest BCUT2D eigenvalue weighted by Gasteiger charge is -2.29. The normalized spacial score (nSPS) is 53.1. The molecule has 0 nitrogen and oxygen atoms in total. The summed E-state index contributed by atoms with van der Waals surface area (Å²) in [6.45, 7) is 9.87. The highest BCUT2D eigenvalue weighted by Gasteiger charge is 2.59. The summed E-state index contributed by atoms with van der Waals surface area (Å²) < 4.78 is 0. The van der Waals surface area contributed by atoms with E-state index in [1.165, 1.54) is 25.7 Å². The first-order valence-corrected chi connectivity index (χ1v) is 6.61. The summed E-state index contributed by atoms with van der Waals surface area (Å²) in [6, 6.07) is 0. The minimum Gasteiger partial charge on any atom is -0.0651 e. The molecular weight excluding hydrogens is 168 g/mol. The zero-order valence-corrected chi connectivity index (χ0v) is 10.3. The molecule has 2 aliphatic carbocycles. The molecular formula is C14H26. The van der Waals surface area contributed by atoms with E-state index in [4.69, 9.17) is 0 Å². The highest BCUT2D eigenvalue weighted by molar-refractivity contribution is 5.08. The molecule has 0 saturated heterocycles. The average molecular weight is 194 g/mol. The second kappa shape index (κ2) is 3.54. The summed E-state index contributed by atoms with van der Waals surface area (Å²) in [7, 11) is 0. The lowest BCUT2D eigenvalue weighted by molar-refractivity contribution is 0.199. The fraction of sp³-hybridized carbons (Fsp3) is 1.00. The smallest absolute Gasteiger partial charge is 0.0215 e. The predicted octanol–water partition coefficient (Wildman–Crippen LogP) is 4.49. The Hall–Kier alpha value is 0. The van der Waals surface area contributed by atoms with E-state index in [-0.39, 0.29) is 0 Å². The quantitative estimate of drug-likeness (QED) is 0.577. The van der Waals surface area contributed by atoms with E-state index in [0.717, 1.165) is 29.1 Å². The minimum absolute atomic E-state index is 0.777. The molecule has 2 saturated carbocycles. The zero-order valence-electron chi connectivity index (χ0n) is 10.3. The minimum atomic E-state index is 0.777. The highest BCUT2D eigenvalue weighted by atomic mass is 14.6. The molecule has 0 amide bonds. The van der Waals surface area contributed by atoms with Gasteiger partial charge in [-0.05, 0) is 48.3 Å². The van der Waals surface area contributed by atoms with Gasteiger partial charge in [-0.2, -0.15) is 0 Å². The molecule has 0 radical (unpaired) electrons. The molecule has 2 aliphatic rings. The standard InChI is InChI=1S/C14H26/c1-5-13-9-14(13)11(3)7-6-10(2)8-12(14)4/h10-13H,5-9H2,1-4H3. The molecule has 0 N–H and O–H groups in total. The summed E-state index contributed by atoms with van der Waals surface area (Å²) in [5.74, 6) is 4.02. The van der Waals surface area contributed by atoms with Gasteiger partial charge in [-0.15, -0.1) is 0 Å². The molecule has 0 aliphatic heterocycles.